The number of ketones is 1. The molecule has 1 aliphatic heterocycles. The summed E-state index contributed by atoms with van der Waals surface area (Å²) in [4.78, 5) is 26.6. The van der Waals surface area contributed by atoms with Crippen LogP contribution in [0.2, 0.25) is 0 Å². The zero-order chi connectivity index (χ0) is 28.2. The lowest BCUT2D eigenvalue weighted by atomic mass is 9.88. The first kappa shape index (κ1) is 28.1. The molecule has 2 N–H and O–H groups in total. The Labute approximate surface area is 233 Å². The van der Waals surface area contributed by atoms with Crippen molar-refractivity contribution in [2.24, 2.45) is 11.8 Å². The molecule has 2 aliphatic rings. The fraction of sp³-hybridized carbons (Fsp3) is 0.484. The molecule has 212 valence electrons. The summed E-state index contributed by atoms with van der Waals surface area (Å²) >= 11 is 0. The van der Waals surface area contributed by atoms with Crippen LogP contribution in [0, 0.1) is 24.6 Å². The van der Waals surface area contributed by atoms with Crippen molar-refractivity contribution >= 4 is 17.4 Å². The topological polar surface area (TPSA) is 79.8 Å². The van der Waals surface area contributed by atoms with E-state index in [1.165, 1.54) is 17.7 Å². The quantitative estimate of drug-likeness (QED) is 0.300. The second-order valence-electron chi connectivity index (χ2n) is 11.1. The Morgan fingerprint density at radius 2 is 1.93 bits per heavy atom. The number of carbonyl (C=O) groups is 1. The maximum absolute atomic E-state index is 14.8. The summed E-state index contributed by atoms with van der Waals surface area (Å²) < 4.78 is 41.2. The van der Waals surface area contributed by atoms with Crippen LogP contribution in [0.3, 0.4) is 0 Å². The van der Waals surface area contributed by atoms with E-state index in [-0.39, 0.29) is 11.5 Å². The van der Waals surface area contributed by atoms with E-state index in [0.29, 0.717) is 36.2 Å². The number of pyridine rings is 1. The van der Waals surface area contributed by atoms with Gasteiger partial charge in [0.1, 0.15) is 29.1 Å². The molecule has 1 aromatic carbocycles. The third-order valence-corrected chi connectivity index (χ3v) is 8.20. The van der Waals surface area contributed by atoms with Gasteiger partial charge in [-0.3, -0.25) is 4.79 Å². The van der Waals surface area contributed by atoms with E-state index in [1.807, 2.05) is 13.0 Å². The van der Waals surface area contributed by atoms with Gasteiger partial charge in [-0.15, -0.1) is 0 Å². The molecule has 1 aliphatic carbocycles. The first-order chi connectivity index (χ1) is 19.3. The van der Waals surface area contributed by atoms with Crippen molar-refractivity contribution in [3.05, 3.63) is 76.1 Å². The monoisotopic (exact) mass is 551 g/mol. The van der Waals surface area contributed by atoms with Crippen LogP contribution in [0.5, 0.6) is 0 Å². The van der Waals surface area contributed by atoms with Crippen LogP contribution in [-0.2, 0) is 24.1 Å². The second-order valence-corrected chi connectivity index (χ2v) is 11.1. The highest BCUT2D eigenvalue weighted by Gasteiger charge is 2.29. The minimum atomic E-state index is -2.88. The van der Waals surface area contributed by atoms with E-state index < -0.39 is 23.8 Å². The number of fused-ring (bicyclic) bond motifs is 2. The van der Waals surface area contributed by atoms with Crippen LogP contribution in [0.1, 0.15) is 85.3 Å². The van der Waals surface area contributed by atoms with E-state index >= 15 is 0 Å². The Morgan fingerprint density at radius 3 is 2.75 bits per heavy atom. The van der Waals surface area contributed by atoms with Gasteiger partial charge >= 0.3 is 0 Å². The molecule has 0 radical (unpaired) electrons. The maximum atomic E-state index is 14.8. The number of rotatable bonds is 9. The van der Waals surface area contributed by atoms with Crippen molar-refractivity contribution in [2.75, 3.05) is 17.2 Å². The Hall–Kier alpha value is -3.49. The van der Waals surface area contributed by atoms with E-state index in [4.69, 9.17) is 0 Å². The Morgan fingerprint density at radius 1 is 1.10 bits per heavy atom. The summed E-state index contributed by atoms with van der Waals surface area (Å²) in [6, 6.07) is 7.58. The molecule has 6 nitrogen and oxygen atoms in total. The lowest BCUT2D eigenvalue weighted by Gasteiger charge is -2.21. The maximum Gasteiger partial charge on any atom is 0.266 e. The molecule has 3 atom stereocenters. The largest absolute Gasteiger partial charge is 0.370 e. The number of alkyl halides is 2. The van der Waals surface area contributed by atoms with Gasteiger partial charge in [0.2, 0.25) is 0 Å². The van der Waals surface area contributed by atoms with Gasteiger partial charge in [-0.2, -0.15) is 0 Å². The van der Waals surface area contributed by atoms with Crippen LogP contribution in [-0.4, -0.2) is 27.3 Å². The molecule has 0 saturated carbocycles. The molecule has 3 heterocycles. The summed E-state index contributed by atoms with van der Waals surface area (Å²) in [7, 11) is 0. The zero-order valence-corrected chi connectivity index (χ0v) is 23.0. The van der Waals surface area contributed by atoms with Crippen LogP contribution in [0.15, 0.2) is 36.5 Å². The number of Topliss-reactive ketones (excluding diaryl/α,β-unsaturated/α-hetero) is 1. The van der Waals surface area contributed by atoms with E-state index in [9.17, 15) is 18.0 Å². The average molecular weight is 552 g/mol. The normalized spacial score (nSPS) is 19.2. The van der Waals surface area contributed by atoms with Crippen molar-refractivity contribution < 1.29 is 18.0 Å². The number of nitrogens with one attached hydrogen (secondary N) is 2. The summed E-state index contributed by atoms with van der Waals surface area (Å²) in [6.45, 7) is 4.37. The van der Waals surface area contributed by atoms with Crippen LogP contribution < -0.4 is 10.6 Å². The molecular formula is C31H36F3N5O. The third kappa shape index (κ3) is 6.45. The highest BCUT2D eigenvalue weighted by molar-refractivity contribution is 5.78. The molecule has 2 unspecified atom stereocenters. The fourth-order valence-electron chi connectivity index (χ4n) is 6.04. The van der Waals surface area contributed by atoms with Crippen molar-refractivity contribution in [3.63, 3.8) is 0 Å². The predicted molar refractivity (Wildman–Crippen MR) is 149 cm³/mol. The number of nitrogens with zero attached hydrogens (tertiary/aromatic N) is 3. The van der Waals surface area contributed by atoms with Crippen molar-refractivity contribution in [3.8, 4) is 0 Å². The van der Waals surface area contributed by atoms with Gasteiger partial charge < -0.3 is 10.6 Å². The summed E-state index contributed by atoms with van der Waals surface area (Å²) in [5, 5.41) is 6.65. The second kappa shape index (κ2) is 12.4. The first-order valence-electron chi connectivity index (χ1n) is 14.2. The molecule has 0 amide bonds. The molecule has 0 saturated heterocycles. The van der Waals surface area contributed by atoms with Crippen molar-refractivity contribution in [1.29, 1.82) is 0 Å². The number of anilines is 2. The Kier molecular flexibility index (Phi) is 8.66. The lowest BCUT2D eigenvalue weighted by molar-refractivity contribution is -0.120. The highest BCUT2D eigenvalue weighted by Crippen LogP contribution is 2.35. The van der Waals surface area contributed by atoms with Gasteiger partial charge in [-0.05, 0) is 75.8 Å². The molecule has 3 aromatic rings. The van der Waals surface area contributed by atoms with Crippen molar-refractivity contribution in [1.82, 2.24) is 15.0 Å². The first-order valence-corrected chi connectivity index (χ1v) is 14.2. The van der Waals surface area contributed by atoms with Gasteiger partial charge in [0.25, 0.3) is 6.43 Å². The van der Waals surface area contributed by atoms with Crippen LogP contribution >= 0.6 is 0 Å². The van der Waals surface area contributed by atoms with E-state index in [1.54, 1.807) is 13.1 Å². The minimum absolute atomic E-state index is 0.173. The predicted octanol–water partition coefficient (Wildman–Crippen LogP) is 6.95. The number of aryl methyl sites for hydroxylation is 2. The number of hydrogen-bond donors (Lipinski definition) is 2. The van der Waals surface area contributed by atoms with Crippen molar-refractivity contribution in [2.45, 2.75) is 77.7 Å². The number of halogens is 3. The fourth-order valence-corrected chi connectivity index (χ4v) is 6.04. The molecular weight excluding hydrogens is 515 g/mol. The van der Waals surface area contributed by atoms with Gasteiger partial charge in [0.15, 0.2) is 0 Å². The number of aromatic nitrogens is 3. The minimum Gasteiger partial charge on any atom is -0.370 e. The number of hydrogen-bond acceptors (Lipinski definition) is 6. The average Bonchev–Trinajstić information content (AvgIpc) is 3.32. The lowest BCUT2D eigenvalue weighted by Crippen LogP contribution is -2.18. The van der Waals surface area contributed by atoms with Gasteiger partial charge in [0, 0.05) is 42.4 Å². The number of benzene rings is 1. The summed E-state index contributed by atoms with van der Waals surface area (Å²) in [6.07, 6.45) is 5.22. The van der Waals surface area contributed by atoms with Gasteiger partial charge in [0.05, 0.1) is 11.6 Å². The molecule has 0 fully saturated rings. The smallest absolute Gasteiger partial charge is 0.266 e. The Bertz CT molecular complexity index is 1360. The number of carbonyl (C=O) groups excluding carboxylic acids is 1. The third-order valence-electron chi connectivity index (χ3n) is 8.20. The molecule has 0 spiro atoms. The van der Waals surface area contributed by atoms with Crippen LogP contribution in [0.4, 0.5) is 24.8 Å². The highest BCUT2D eigenvalue weighted by atomic mass is 19.3. The molecule has 0 bridgehead atoms. The molecule has 5 rings (SSSR count). The van der Waals surface area contributed by atoms with Gasteiger partial charge in [-0.1, -0.05) is 24.3 Å². The molecule has 40 heavy (non-hydrogen) atoms. The van der Waals surface area contributed by atoms with Crippen LogP contribution in [0.25, 0.3) is 0 Å². The standard InChI is InChI=1S/C31H36F3N5O/c1-18(24-6-3-7-25(28(24)32)29(33)34)37-31-26-16-21(17-27(26)38-19(2)39-31)9-11-23(40)15-20-8-10-22-5-4-13-35-30(22)36-14-12-20/h3-7,13,18,20-21,29H,8-12,14-17H2,1-2H3,(H,35,36)(H,37,38,39)/t18-,20?,21?/m1/s1. The van der Waals surface area contributed by atoms with E-state index in [0.717, 1.165) is 68.2 Å². The van der Waals surface area contributed by atoms with Gasteiger partial charge in [-0.25, -0.2) is 28.1 Å². The van der Waals surface area contributed by atoms with E-state index in [2.05, 4.69) is 31.7 Å². The summed E-state index contributed by atoms with van der Waals surface area (Å²) in [5.74, 6) is 2.23. The SMILES string of the molecule is Cc1nc2c(c(N[C@H](C)c3cccc(C(F)F)c3F)n1)CC(CCC(=O)CC1CCNc3ncccc3CC1)C2. The summed E-state index contributed by atoms with van der Waals surface area (Å²) in [5.41, 5.74) is 2.70. The molecule has 9 heteroatoms. The molecule has 2 aromatic heterocycles. The Balaban J connectivity index is 1.17. The zero-order valence-electron chi connectivity index (χ0n) is 23.0.